The molecule has 0 aliphatic rings. The number of benzene rings is 1. The Labute approximate surface area is 141 Å². The highest BCUT2D eigenvalue weighted by Gasteiger charge is 2.86. The summed E-state index contributed by atoms with van der Waals surface area (Å²) in [6, 6.07) is 2.39. The molecule has 0 saturated heterocycles. The topological polar surface area (TPSA) is 43.4 Å². The Morgan fingerprint density at radius 2 is 1.15 bits per heavy atom. The van der Waals surface area contributed by atoms with Gasteiger partial charge in [0.1, 0.15) is 5.75 Å². The summed E-state index contributed by atoms with van der Waals surface area (Å²) < 4.78 is 142. The first-order valence-electron chi connectivity index (χ1n) is 6.51. The molecule has 0 spiro atoms. The van der Waals surface area contributed by atoms with Crippen molar-refractivity contribution in [1.82, 2.24) is 0 Å². The highest BCUT2D eigenvalue weighted by molar-refractivity contribution is 7.88. The van der Waals surface area contributed by atoms with Crippen molar-refractivity contribution in [2.24, 2.45) is 0 Å². The van der Waals surface area contributed by atoms with Crippen molar-refractivity contribution >= 4 is 10.1 Å². The minimum Gasteiger partial charge on any atom is -0.377 e. The summed E-state index contributed by atoms with van der Waals surface area (Å²) in [6.07, 6.45) is -7.13. The summed E-state index contributed by atoms with van der Waals surface area (Å²) in [5.41, 5.74) is 0.200. The largest absolute Gasteiger partial charge is 0.460 e. The van der Waals surface area contributed by atoms with E-state index in [9.17, 15) is 47.9 Å². The van der Waals surface area contributed by atoms with Crippen molar-refractivity contribution < 1.29 is 52.1 Å². The molecule has 0 amide bonds. The molecule has 0 aliphatic carbocycles. The number of aryl methyl sites for hydroxylation is 3. The third-order valence-corrected chi connectivity index (χ3v) is 4.50. The van der Waals surface area contributed by atoms with E-state index in [4.69, 9.17) is 0 Å². The van der Waals surface area contributed by atoms with Gasteiger partial charge in [0.15, 0.2) is 0 Å². The molecule has 0 unspecified atom stereocenters. The van der Waals surface area contributed by atoms with Crippen molar-refractivity contribution in [2.45, 2.75) is 44.0 Å². The van der Waals surface area contributed by atoms with Crippen LogP contribution in [0.25, 0.3) is 0 Å². The Bertz CT molecular complexity index is 775. The Kier molecular flexibility index (Phi) is 5.34. The van der Waals surface area contributed by atoms with Gasteiger partial charge < -0.3 is 4.18 Å². The average Bonchev–Trinajstić information content (AvgIpc) is 2.40. The van der Waals surface area contributed by atoms with Crippen molar-refractivity contribution in [3.05, 3.63) is 28.8 Å². The lowest BCUT2D eigenvalue weighted by Crippen LogP contribution is -2.63. The van der Waals surface area contributed by atoms with E-state index in [-0.39, 0.29) is 11.1 Å². The lowest BCUT2D eigenvalue weighted by atomic mass is 10.1. The Balaban J connectivity index is 3.48. The lowest BCUT2D eigenvalue weighted by Gasteiger charge is -2.32. The van der Waals surface area contributed by atoms with Gasteiger partial charge in [-0.25, -0.2) is 0 Å². The van der Waals surface area contributed by atoms with Crippen molar-refractivity contribution in [1.29, 1.82) is 0 Å². The number of halogens is 9. The zero-order valence-corrected chi connectivity index (χ0v) is 14.0. The third-order valence-electron chi connectivity index (χ3n) is 3.23. The van der Waals surface area contributed by atoms with Crippen molar-refractivity contribution in [3.63, 3.8) is 0 Å². The van der Waals surface area contributed by atoms with E-state index in [0.29, 0.717) is 5.56 Å². The van der Waals surface area contributed by atoms with E-state index in [1.54, 1.807) is 0 Å². The molecule has 0 heterocycles. The summed E-state index contributed by atoms with van der Waals surface area (Å²) in [5, 5.41) is -6.89. The maximum atomic E-state index is 13.6. The van der Waals surface area contributed by atoms with Crippen LogP contribution in [0.5, 0.6) is 5.75 Å². The summed E-state index contributed by atoms with van der Waals surface area (Å²) in [6.45, 7) is 3.77. The molecule has 0 radical (unpaired) electrons. The van der Waals surface area contributed by atoms with Gasteiger partial charge in [0.2, 0.25) is 0 Å². The van der Waals surface area contributed by atoms with Crippen LogP contribution in [0.1, 0.15) is 16.7 Å². The highest BCUT2D eigenvalue weighted by Crippen LogP contribution is 2.55. The van der Waals surface area contributed by atoms with E-state index in [1.807, 2.05) is 0 Å². The second kappa shape index (κ2) is 6.20. The van der Waals surface area contributed by atoms with E-state index in [2.05, 4.69) is 4.18 Å². The fraction of sp³-hybridized carbons (Fsp3) is 0.538. The summed E-state index contributed by atoms with van der Waals surface area (Å²) >= 11 is 0. The predicted molar refractivity (Wildman–Crippen MR) is 71.1 cm³/mol. The van der Waals surface area contributed by atoms with E-state index >= 15 is 0 Å². The van der Waals surface area contributed by atoms with Gasteiger partial charge in [-0.3, -0.25) is 0 Å². The van der Waals surface area contributed by atoms with Crippen LogP contribution in [0.2, 0.25) is 0 Å². The average molecular weight is 418 g/mol. The standard InChI is InChI=1S/C13H11F9O3S/c1-6-4-7(2)9(8(3)5-6)25-26(23,24)13(21,22)11(16,17)10(14,15)12(18,19)20/h4-5H,1-3H3. The molecule has 0 saturated carbocycles. The molecule has 0 aromatic heterocycles. The van der Waals surface area contributed by atoms with Crippen molar-refractivity contribution in [3.8, 4) is 5.75 Å². The van der Waals surface area contributed by atoms with Gasteiger partial charge in [0, 0.05) is 0 Å². The predicted octanol–water partition coefficient (Wildman–Crippen LogP) is 4.75. The first kappa shape index (κ1) is 22.4. The fourth-order valence-electron chi connectivity index (χ4n) is 1.98. The van der Waals surface area contributed by atoms with E-state index in [0.717, 1.165) is 13.8 Å². The van der Waals surface area contributed by atoms with Gasteiger partial charge in [-0.15, -0.1) is 0 Å². The number of hydrogen-bond donors (Lipinski definition) is 0. The molecule has 3 nitrogen and oxygen atoms in total. The lowest BCUT2D eigenvalue weighted by molar-refractivity contribution is -0.382. The van der Waals surface area contributed by atoms with Crippen LogP contribution in [0.4, 0.5) is 39.5 Å². The molecular weight excluding hydrogens is 407 g/mol. The monoisotopic (exact) mass is 418 g/mol. The summed E-state index contributed by atoms with van der Waals surface area (Å²) in [4.78, 5) is 0. The van der Waals surface area contributed by atoms with Gasteiger partial charge in [0.25, 0.3) is 0 Å². The molecule has 1 aromatic carbocycles. The van der Waals surface area contributed by atoms with E-state index in [1.165, 1.54) is 19.1 Å². The number of alkyl halides is 9. The minimum absolute atomic E-state index is 0.146. The van der Waals surface area contributed by atoms with Gasteiger partial charge in [-0.05, 0) is 31.9 Å². The molecule has 0 bridgehead atoms. The maximum absolute atomic E-state index is 13.6. The van der Waals surface area contributed by atoms with Crippen LogP contribution in [-0.2, 0) is 10.1 Å². The summed E-state index contributed by atoms with van der Waals surface area (Å²) in [7, 11) is -6.94. The van der Waals surface area contributed by atoms with Crippen LogP contribution >= 0.6 is 0 Å². The van der Waals surface area contributed by atoms with E-state index < -0.39 is 39.1 Å². The molecule has 0 N–H and O–H groups in total. The molecule has 0 atom stereocenters. The third kappa shape index (κ3) is 3.32. The molecule has 0 aliphatic heterocycles. The molecular formula is C13H11F9O3S. The van der Waals surface area contributed by atoms with Gasteiger partial charge >= 0.3 is 33.4 Å². The SMILES string of the molecule is Cc1cc(C)c(OS(=O)(=O)C(F)(F)C(F)(F)C(F)(F)C(F)(F)F)c(C)c1. The second-order valence-electron chi connectivity index (χ2n) is 5.43. The molecule has 1 rings (SSSR count). The zero-order chi connectivity index (χ0) is 20.9. The Morgan fingerprint density at radius 3 is 1.50 bits per heavy atom. The van der Waals surface area contributed by atoms with Crippen molar-refractivity contribution in [2.75, 3.05) is 0 Å². The number of rotatable bonds is 5. The van der Waals surface area contributed by atoms with Gasteiger partial charge in [-0.1, -0.05) is 17.7 Å². The first-order chi connectivity index (χ1) is 11.3. The number of hydrogen-bond acceptors (Lipinski definition) is 3. The molecule has 26 heavy (non-hydrogen) atoms. The van der Waals surface area contributed by atoms with Crippen LogP contribution < -0.4 is 4.18 Å². The molecule has 0 fully saturated rings. The molecule has 1 aromatic rings. The zero-order valence-electron chi connectivity index (χ0n) is 13.2. The first-order valence-corrected chi connectivity index (χ1v) is 7.92. The van der Waals surface area contributed by atoms with Crippen LogP contribution in [0.15, 0.2) is 12.1 Å². The maximum Gasteiger partial charge on any atom is 0.460 e. The molecule has 13 heteroatoms. The highest BCUT2D eigenvalue weighted by atomic mass is 32.2. The van der Waals surface area contributed by atoms with Gasteiger partial charge in [-0.2, -0.15) is 47.9 Å². The Morgan fingerprint density at radius 1 is 0.769 bits per heavy atom. The van der Waals surface area contributed by atoms with Crippen LogP contribution in [-0.4, -0.2) is 31.7 Å². The van der Waals surface area contributed by atoms with Crippen LogP contribution in [0, 0.1) is 20.8 Å². The quantitative estimate of drug-likeness (QED) is 0.512. The smallest absolute Gasteiger partial charge is 0.377 e. The van der Waals surface area contributed by atoms with Crippen LogP contribution in [0.3, 0.4) is 0 Å². The minimum atomic E-state index is -7.34. The second-order valence-corrected chi connectivity index (χ2v) is 7.02. The summed E-state index contributed by atoms with van der Waals surface area (Å²) in [5.74, 6) is -15.6. The van der Waals surface area contributed by atoms with Gasteiger partial charge in [0.05, 0.1) is 0 Å². The normalized spacial score (nSPS) is 14.5. The molecule has 150 valence electrons. The fourth-order valence-corrected chi connectivity index (χ4v) is 3.01. The Hall–Kier alpha value is -1.66.